The summed E-state index contributed by atoms with van der Waals surface area (Å²) < 4.78 is 2.66. The first-order chi connectivity index (χ1) is 28.1. The fraction of sp³-hybridized carbons (Fsp3) is 0.0357. The van der Waals surface area contributed by atoms with Gasteiger partial charge in [0.15, 0.2) is 0 Å². The number of rotatable bonds is 4. The first-order valence-corrected chi connectivity index (χ1v) is 20.7. The summed E-state index contributed by atoms with van der Waals surface area (Å²) in [7, 11) is 0. The largest absolute Gasteiger partial charge is 0.135 e. The predicted molar refractivity (Wildman–Crippen MR) is 247 cm³/mol. The third-order valence-corrected chi connectivity index (χ3v) is 13.5. The summed E-state index contributed by atoms with van der Waals surface area (Å²) >= 11 is 1.93. The molecule has 0 fully saturated rings. The van der Waals surface area contributed by atoms with Gasteiger partial charge in [-0.2, -0.15) is 0 Å². The fourth-order valence-electron chi connectivity index (χ4n) is 9.71. The van der Waals surface area contributed by atoms with E-state index in [0.29, 0.717) is 0 Å². The van der Waals surface area contributed by atoms with E-state index in [-0.39, 0.29) is 0 Å². The van der Waals surface area contributed by atoms with Gasteiger partial charge in [-0.05, 0) is 126 Å². The Labute approximate surface area is 335 Å². The van der Waals surface area contributed by atoms with Crippen LogP contribution in [0.4, 0.5) is 0 Å². The molecule has 0 aliphatic heterocycles. The Morgan fingerprint density at radius 2 is 0.877 bits per heavy atom. The number of fused-ring (bicyclic) bond motifs is 8. The first kappa shape index (κ1) is 32.4. The molecule has 266 valence electrons. The third kappa shape index (κ3) is 4.79. The van der Waals surface area contributed by atoms with Crippen molar-refractivity contribution in [1.82, 2.24) is 0 Å². The van der Waals surface area contributed by atoms with Gasteiger partial charge in [0.1, 0.15) is 0 Å². The Kier molecular flexibility index (Phi) is 7.03. The molecule has 1 aromatic heterocycles. The maximum atomic E-state index is 2.44. The van der Waals surface area contributed by atoms with Gasteiger partial charge in [0, 0.05) is 25.7 Å². The van der Waals surface area contributed by atoms with Crippen molar-refractivity contribution in [2.45, 2.75) is 13.8 Å². The number of hydrogen-bond acceptors (Lipinski definition) is 1. The minimum Gasteiger partial charge on any atom is -0.135 e. The molecule has 0 radical (unpaired) electrons. The van der Waals surface area contributed by atoms with Crippen molar-refractivity contribution < 1.29 is 0 Å². The second kappa shape index (κ2) is 12.4. The van der Waals surface area contributed by atoms with E-state index < -0.39 is 0 Å². The quantitative estimate of drug-likeness (QED) is 0.169. The van der Waals surface area contributed by atoms with Crippen molar-refractivity contribution in [3.05, 3.63) is 193 Å². The highest BCUT2D eigenvalue weighted by atomic mass is 32.1. The van der Waals surface area contributed by atoms with Crippen LogP contribution in [-0.4, -0.2) is 0 Å². The molecule has 1 heterocycles. The summed E-state index contributed by atoms with van der Waals surface area (Å²) in [5.41, 5.74) is 18.1. The van der Waals surface area contributed by atoms with E-state index in [1.807, 2.05) is 11.3 Å². The van der Waals surface area contributed by atoms with Gasteiger partial charge < -0.3 is 0 Å². The molecular formula is C56H36S. The molecule has 57 heavy (non-hydrogen) atoms. The Bertz CT molecular complexity index is 3340. The molecule has 0 saturated carbocycles. The van der Waals surface area contributed by atoms with Crippen molar-refractivity contribution in [2.75, 3.05) is 0 Å². The van der Waals surface area contributed by atoms with E-state index in [2.05, 4.69) is 196 Å². The zero-order valence-corrected chi connectivity index (χ0v) is 32.5. The minimum absolute atomic E-state index is 1.24. The summed E-state index contributed by atoms with van der Waals surface area (Å²) in [6.45, 7) is 4.35. The third-order valence-electron chi connectivity index (χ3n) is 12.3. The summed E-state index contributed by atoms with van der Waals surface area (Å²) in [4.78, 5) is 0. The predicted octanol–water partition coefficient (Wildman–Crippen LogP) is 16.4. The molecule has 0 bridgehead atoms. The molecule has 1 heteroatoms. The van der Waals surface area contributed by atoms with Crippen LogP contribution in [0.5, 0.6) is 0 Å². The lowest BCUT2D eigenvalue weighted by Crippen LogP contribution is -1.93. The summed E-state index contributed by atoms with van der Waals surface area (Å²) in [5, 5.41) is 10.4. The van der Waals surface area contributed by atoms with Crippen LogP contribution < -0.4 is 0 Å². The van der Waals surface area contributed by atoms with Crippen molar-refractivity contribution >= 4 is 63.8 Å². The summed E-state index contributed by atoms with van der Waals surface area (Å²) in [6, 6.07) is 68.4. The van der Waals surface area contributed by atoms with Crippen LogP contribution in [0.15, 0.2) is 182 Å². The lowest BCUT2D eigenvalue weighted by atomic mass is 9.82. The fourth-order valence-corrected chi connectivity index (χ4v) is 10.9. The van der Waals surface area contributed by atoms with Crippen LogP contribution in [0.1, 0.15) is 11.1 Å². The molecule has 0 amide bonds. The van der Waals surface area contributed by atoms with Gasteiger partial charge in [-0.25, -0.2) is 0 Å². The number of hydrogen-bond donors (Lipinski definition) is 0. The first-order valence-electron chi connectivity index (χ1n) is 19.8. The normalized spacial score (nSPS) is 12.0. The number of aryl methyl sites for hydroxylation is 2. The van der Waals surface area contributed by atoms with Gasteiger partial charge in [0.2, 0.25) is 0 Å². The highest BCUT2D eigenvalue weighted by Crippen LogP contribution is 2.59. The van der Waals surface area contributed by atoms with Gasteiger partial charge in [0.25, 0.3) is 0 Å². The Hall–Kier alpha value is -6.80. The van der Waals surface area contributed by atoms with Crippen LogP contribution >= 0.6 is 11.3 Å². The molecule has 12 rings (SSSR count). The van der Waals surface area contributed by atoms with E-state index in [4.69, 9.17) is 0 Å². The second-order valence-corrected chi connectivity index (χ2v) is 16.7. The Morgan fingerprint density at radius 3 is 1.56 bits per heavy atom. The zero-order chi connectivity index (χ0) is 37.8. The lowest BCUT2D eigenvalue weighted by Gasteiger charge is -2.20. The molecule has 11 aromatic rings. The number of thiophene rings is 1. The molecule has 1 aliphatic carbocycles. The van der Waals surface area contributed by atoms with Crippen LogP contribution in [-0.2, 0) is 0 Å². The van der Waals surface area contributed by atoms with Crippen molar-refractivity contribution in [2.24, 2.45) is 0 Å². The maximum Gasteiger partial charge on any atom is 0.0440 e. The average molecular weight is 741 g/mol. The van der Waals surface area contributed by atoms with Gasteiger partial charge >= 0.3 is 0 Å². The highest BCUT2D eigenvalue weighted by molar-refractivity contribution is 7.26. The van der Waals surface area contributed by atoms with E-state index in [0.717, 1.165) is 0 Å². The van der Waals surface area contributed by atoms with Crippen LogP contribution in [0.3, 0.4) is 0 Å². The van der Waals surface area contributed by atoms with E-state index in [1.165, 1.54) is 130 Å². The second-order valence-electron chi connectivity index (χ2n) is 15.7. The minimum atomic E-state index is 1.24. The number of benzene rings is 10. The highest BCUT2D eigenvalue weighted by Gasteiger charge is 2.31. The van der Waals surface area contributed by atoms with Crippen LogP contribution in [0.25, 0.3) is 119 Å². The smallest absolute Gasteiger partial charge is 0.0440 e. The Morgan fingerprint density at radius 1 is 0.316 bits per heavy atom. The molecular weight excluding hydrogens is 705 g/mol. The standard InChI is InChI=1S/C56H36S/c1-33-19-23-36(24-20-33)50-41-15-8-9-16-42(41)51(37-25-21-34(2)22-26-37)55-46-29-28-44(43-17-10-18-45(52(43)46)54(50)55)53-40-14-7-6-13-39(40)32-48-47-31-38(35-11-4-3-5-12-35)27-30-49(47)57-56(48)53/h3-32H,1-2H3. The zero-order valence-electron chi connectivity index (χ0n) is 31.7. The van der Waals surface area contributed by atoms with Crippen LogP contribution in [0.2, 0.25) is 0 Å². The molecule has 0 spiro atoms. The van der Waals surface area contributed by atoms with Crippen LogP contribution in [0, 0.1) is 13.8 Å². The van der Waals surface area contributed by atoms with Crippen molar-refractivity contribution in [3.8, 4) is 66.8 Å². The molecule has 0 unspecified atom stereocenters. The van der Waals surface area contributed by atoms with Gasteiger partial charge in [-0.3, -0.25) is 0 Å². The van der Waals surface area contributed by atoms with E-state index in [9.17, 15) is 0 Å². The molecule has 0 nitrogen and oxygen atoms in total. The van der Waals surface area contributed by atoms with Crippen molar-refractivity contribution in [1.29, 1.82) is 0 Å². The van der Waals surface area contributed by atoms with E-state index in [1.54, 1.807) is 0 Å². The summed E-state index contributed by atoms with van der Waals surface area (Å²) in [5.74, 6) is 0. The SMILES string of the molecule is Cc1ccc(-c2c3c(c(-c4ccc(C)cc4)c4ccccc24)-c2ccc(-c4c5ccccc5cc5c4sc4ccc(-c6ccccc6)cc45)c4cccc-3c24)cc1. The Balaban J connectivity index is 1.19. The maximum absolute atomic E-state index is 2.44. The van der Waals surface area contributed by atoms with Gasteiger partial charge in [-0.15, -0.1) is 11.3 Å². The molecule has 0 saturated heterocycles. The molecule has 0 atom stereocenters. The lowest BCUT2D eigenvalue weighted by molar-refractivity contribution is 1.47. The molecule has 10 aromatic carbocycles. The monoisotopic (exact) mass is 740 g/mol. The van der Waals surface area contributed by atoms with E-state index >= 15 is 0 Å². The summed E-state index contributed by atoms with van der Waals surface area (Å²) in [6.07, 6.45) is 0. The van der Waals surface area contributed by atoms with Gasteiger partial charge in [0.05, 0.1) is 0 Å². The average Bonchev–Trinajstić information content (AvgIpc) is 3.79. The molecule has 1 aliphatic rings. The molecule has 0 N–H and O–H groups in total. The van der Waals surface area contributed by atoms with Gasteiger partial charge in [-0.1, -0.05) is 175 Å². The van der Waals surface area contributed by atoms with Crippen molar-refractivity contribution in [3.63, 3.8) is 0 Å². The topological polar surface area (TPSA) is 0 Å².